The molecule has 120 valence electrons. The number of hydrogen-bond donors (Lipinski definition) is 1. The molecule has 1 unspecified atom stereocenters. The highest BCUT2D eigenvalue weighted by Gasteiger charge is 2.35. The van der Waals surface area contributed by atoms with Crippen molar-refractivity contribution in [3.05, 3.63) is 65.7 Å². The molecule has 0 aromatic heterocycles. The first-order valence-electron chi connectivity index (χ1n) is 7.44. The molecule has 2 aromatic carbocycles. The van der Waals surface area contributed by atoms with E-state index in [1.54, 1.807) is 53.1 Å². The van der Waals surface area contributed by atoms with E-state index in [0.717, 1.165) is 0 Å². The second-order valence-electron chi connectivity index (χ2n) is 5.34. The molecule has 1 aliphatic heterocycles. The molecule has 5 nitrogen and oxygen atoms in total. The Morgan fingerprint density at radius 2 is 1.83 bits per heavy atom. The normalized spacial score (nSPS) is 16.5. The van der Waals surface area contributed by atoms with E-state index in [2.05, 4.69) is 5.32 Å². The van der Waals surface area contributed by atoms with Gasteiger partial charge in [-0.15, -0.1) is 11.8 Å². The van der Waals surface area contributed by atoms with Crippen LogP contribution in [-0.2, 0) is 4.79 Å². The number of rotatable bonds is 3. The van der Waals surface area contributed by atoms with Crippen molar-refractivity contribution in [3.8, 4) is 6.07 Å². The highest BCUT2D eigenvalue weighted by atomic mass is 32.2. The number of nitriles is 1. The van der Waals surface area contributed by atoms with Gasteiger partial charge in [0.15, 0.2) is 0 Å². The van der Waals surface area contributed by atoms with E-state index < -0.39 is 6.04 Å². The Kier molecular flexibility index (Phi) is 4.82. The van der Waals surface area contributed by atoms with Gasteiger partial charge in [-0.3, -0.25) is 9.59 Å². The molecule has 0 spiro atoms. The summed E-state index contributed by atoms with van der Waals surface area (Å²) in [6.45, 7) is 0. The van der Waals surface area contributed by atoms with Gasteiger partial charge in [0.1, 0.15) is 6.04 Å². The maximum atomic E-state index is 12.6. The van der Waals surface area contributed by atoms with Crippen LogP contribution in [0.5, 0.6) is 0 Å². The zero-order valence-corrected chi connectivity index (χ0v) is 13.6. The summed E-state index contributed by atoms with van der Waals surface area (Å²) in [5.74, 6) is 0.717. The van der Waals surface area contributed by atoms with E-state index in [-0.39, 0.29) is 11.8 Å². The molecule has 1 N–H and O–H groups in total. The molecule has 0 bridgehead atoms. The number of nitrogens with zero attached hydrogens (tertiary/aromatic N) is 2. The minimum atomic E-state index is -0.502. The topological polar surface area (TPSA) is 73.2 Å². The van der Waals surface area contributed by atoms with Crippen LogP contribution in [0.25, 0.3) is 0 Å². The van der Waals surface area contributed by atoms with Crippen LogP contribution in [0.4, 0.5) is 5.69 Å². The largest absolute Gasteiger partial charge is 0.324 e. The quantitative estimate of drug-likeness (QED) is 0.934. The van der Waals surface area contributed by atoms with Crippen molar-refractivity contribution < 1.29 is 9.59 Å². The Balaban J connectivity index is 1.71. The van der Waals surface area contributed by atoms with Crippen LogP contribution in [0, 0.1) is 11.3 Å². The minimum Gasteiger partial charge on any atom is -0.324 e. The fourth-order valence-corrected chi connectivity index (χ4v) is 3.61. The highest BCUT2D eigenvalue weighted by Crippen LogP contribution is 2.24. The van der Waals surface area contributed by atoms with Gasteiger partial charge in [-0.05, 0) is 36.4 Å². The monoisotopic (exact) mass is 337 g/mol. The Labute approximate surface area is 144 Å². The van der Waals surface area contributed by atoms with Crippen LogP contribution in [-0.4, -0.2) is 34.4 Å². The lowest BCUT2D eigenvalue weighted by molar-refractivity contribution is -0.119. The van der Waals surface area contributed by atoms with Gasteiger partial charge in [0.05, 0.1) is 17.5 Å². The van der Waals surface area contributed by atoms with E-state index in [0.29, 0.717) is 28.4 Å². The third-order valence-electron chi connectivity index (χ3n) is 3.75. The van der Waals surface area contributed by atoms with Gasteiger partial charge in [0.25, 0.3) is 5.91 Å². The maximum Gasteiger partial charge on any atom is 0.255 e. The smallest absolute Gasteiger partial charge is 0.255 e. The van der Waals surface area contributed by atoms with E-state index in [9.17, 15) is 9.59 Å². The molecule has 1 atom stereocenters. The number of carbonyl (C=O) groups is 2. The maximum absolute atomic E-state index is 12.6. The van der Waals surface area contributed by atoms with Gasteiger partial charge in [-0.1, -0.05) is 18.2 Å². The summed E-state index contributed by atoms with van der Waals surface area (Å²) in [7, 11) is 0. The molecule has 3 rings (SSSR count). The number of hydrogen-bond acceptors (Lipinski definition) is 4. The van der Waals surface area contributed by atoms with Crippen molar-refractivity contribution >= 4 is 29.3 Å². The second kappa shape index (κ2) is 7.20. The molecule has 1 fully saturated rings. The summed E-state index contributed by atoms with van der Waals surface area (Å²) in [6.07, 6.45) is 0. The average Bonchev–Trinajstić information content (AvgIpc) is 3.12. The Hall–Kier alpha value is -2.78. The number of amides is 2. The fraction of sp³-hybridized carbons (Fsp3) is 0.167. The van der Waals surface area contributed by atoms with Crippen molar-refractivity contribution in [3.63, 3.8) is 0 Å². The van der Waals surface area contributed by atoms with Crippen molar-refractivity contribution in [1.82, 2.24) is 4.90 Å². The number of benzene rings is 2. The molecule has 1 heterocycles. The average molecular weight is 337 g/mol. The number of nitrogens with one attached hydrogen (secondary N) is 1. The van der Waals surface area contributed by atoms with Gasteiger partial charge >= 0.3 is 0 Å². The molecule has 2 amide bonds. The van der Waals surface area contributed by atoms with Gasteiger partial charge in [0, 0.05) is 17.0 Å². The van der Waals surface area contributed by atoms with Crippen LogP contribution in [0.15, 0.2) is 54.6 Å². The van der Waals surface area contributed by atoms with Crippen molar-refractivity contribution in [1.29, 1.82) is 5.26 Å². The van der Waals surface area contributed by atoms with Gasteiger partial charge < -0.3 is 10.2 Å². The van der Waals surface area contributed by atoms with E-state index in [1.165, 1.54) is 0 Å². The second-order valence-corrected chi connectivity index (χ2v) is 6.33. The number of thioether (sulfide) groups is 1. The summed E-state index contributed by atoms with van der Waals surface area (Å²) in [5, 5.41) is 11.6. The first kappa shape index (κ1) is 16.1. The van der Waals surface area contributed by atoms with Crippen LogP contribution in [0.2, 0.25) is 0 Å². The van der Waals surface area contributed by atoms with Crippen LogP contribution >= 0.6 is 11.8 Å². The lowest BCUT2D eigenvalue weighted by atomic mass is 10.1. The SMILES string of the molecule is N#Cc1ccc(NC(=O)C2CSCN2C(=O)c2ccccc2)cc1. The summed E-state index contributed by atoms with van der Waals surface area (Å²) < 4.78 is 0. The molecule has 6 heteroatoms. The zero-order valence-electron chi connectivity index (χ0n) is 12.8. The van der Waals surface area contributed by atoms with Gasteiger partial charge in [-0.2, -0.15) is 5.26 Å². The zero-order chi connectivity index (χ0) is 16.9. The fourth-order valence-electron chi connectivity index (χ4n) is 2.46. The Morgan fingerprint density at radius 3 is 2.50 bits per heavy atom. The summed E-state index contributed by atoms with van der Waals surface area (Å²) in [5.41, 5.74) is 1.73. The molecule has 24 heavy (non-hydrogen) atoms. The highest BCUT2D eigenvalue weighted by molar-refractivity contribution is 7.99. The Bertz CT molecular complexity index is 784. The first-order chi connectivity index (χ1) is 11.7. The van der Waals surface area contributed by atoms with Crippen LogP contribution < -0.4 is 5.32 Å². The summed E-state index contributed by atoms with van der Waals surface area (Å²) in [4.78, 5) is 26.7. The van der Waals surface area contributed by atoms with E-state index in [4.69, 9.17) is 5.26 Å². The van der Waals surface area contributed by atoms with Gasteiger partial charge in [-0.25, -0.2) is 0 Å². The molecule has 2 aromatic rings. The van der Waals surface area contributed by atoms with Crippen molar-refractivity contribution in [2.75, 3.05) is 16.9 Å². The molecule has 0 aliphatic carbocycles. The lowest BCUT2D eigenvalue weighted by Gasteiger charge is -2.23. The molecular formula is C18H15N3O2S. The van der Waals surface area contributed by atoms with E-state index >= 15 is 0 Å². The van der Waals surface area contributed by atoms with E-state index in [1.807, 2.05) is 24.3 Å². The lowest BCUT2D eigenvalue weighted by Crippen LogP contribution is -2.44. The number of carbonyl (C=O) groups excluding carboxylic acids is 2. The van der Waals surface area contributed by atoms with Crippen molar-refractivity contribution in [2.45, 2.75) is 6.04 Å². The molecule has 1 aliphatic rings. The Morgan fingerprint density at radius 1 is 1.12 bits per heavy atom. The third-order valence-corrected chi connectivity index (χ3v) is 4.76. The molecule has 0 saturated carbocycles. The van der Waals surface area contributed by atoms with Crippen LogP contribution in [0.3, 0.4) is 0 Å². The predicted octanol–water partition coefficient (Wildman–Crippen LogP) is 2.71. The molecule has 1 saturated heterocycles. The summed E-state index contributed by atoms with van der Waals surface area (Å²) >= 11 is 1.56. The molecular weight excluding hydrogens is 322 g/mol. The first-order valence-corrected chi connectivity index (χ1v) is 8.59. The molecule has 0 radical (unpaired) electrons. The van der Waals surface area contributed by atoms with Crippen molar-refractivity contribution in [2.24, 2.45) is 0 Å². The number of anilines is 1. The van der Waals surface area contributed by atoms with Crippen LogP contribution in [0.1, 0.15) is 15.9 Å². The standard InChI is InChI=1S/C18H15N3O2S/c19-10-13-6-8-15(9-7-13)20-17(22)16-11-24-12-21(16)18(23)14-4-2-1-3-5-14/h1-9,16H,11-12H2,(H,20,22). The van der Waals surface area contributed by atoms with Gasteiger partial charge in [0.2, 0.25) is 5.91 Å². The predicted molar refractivity (Wildman–Crippen MR) is 93.5 cm³/mol. The minimum absolute atomic E-state index is 0.138. The third kappa shape index (κ3) is 3.42. The summed E-state index contributed by atoms with van der Waals surface area (Å²) in [6, 6.07) is 17.2.